The number of carbonyl (C=O) groups is 1. The molecule has 0 aliphatic carbocycles. The molecule has 1 amide bonds. The average molecular weight is 397 g/mol. The van der Waals surface area contributed by atoms with Crippen LogP contribution >= 0.6 is 0 Å². The summed E-state index contributed by atoms with van der Waals surface area (Å²) >= 11 is 0. The Labute approximate surface area is 159 Å². The van der Waals surface area contributed by atoms with Crippen LogP contribution in [0.4, 0.5) is 17.6 Å². The zero-order valence-electron chi connectivity index (χ0n) is 15.2. The van der Waals surface area contributed by atoms with E-state index >= 15 is 0 Å². The molecule has 0 heterocycles. The Kier molecular flexibility index (Phi) is 6.80. The number of carbonyl (C=O) groups excluding carboxylic acids is 1. The molecule has 0 bridgehead atoms. The SMILES string of the molecule is COc1cccc(C(CNC(=O)C=Cc2ccc(F)cc2)(OC)C(F)(F)F)c1. The number of nitrogens with one attached hydrogen (secondary N) is 1. The first-order valence-electron chi connectivity index (χ1n) is 8.20. The van der Waals surface area contributed by atoms with Crippen LogP contribution in [0, 0.1) is 5.82 Å². The summed E-state index contributed by atoms with van der Waals surface area (Å²) < 4.78 is 64.3. The number of alkyl halides is 3. The molecule has 1 unspecified atom stereocenters. The largest absolute Gasteiger partial charge is 0.497 e. The normalized spacial score (nSPS) is 13.9. The maximum Gasteiger partial charge on any atom is 0.423 e. The highest BCUT2D eigenvalue weighted by Gasteiger charge is 2.57. The third-order valence-electron chi connectivity index (χ3n) is 4.15. The molecule has 8 heteroatoms. The van der Waals surface area contributed by atoms with Crippen LogP contribution in [0.5, 0.6) is 5.75 Å². The van der Waals surface area contributed by atoms with Gasteiger partial charge in [0.15, 0.2) is 0 Å². The lowest BCUT2D eigenvalue weighted by Gasteiger charge is -2.35. The van der Waals surface area contributed by atoms with Crippen molar-refractivity contribution in [2.24, 2.45) is 0 Å². The predicted molar refractivity (Wildman–Crippen MR) is 96.2 cm³/mol. The van der Waals surface area contributed by atoms with Gasteiger partial charge < -0.3 is 14.8 Å². The first-order chi connectivity index (χ1) is 13.2. The minimum atomic E-state index is -4.80. The standard InChI is InChI=1S/C20H19F4NO3/c1-27-17-5-3-4-15(12-17)19(28-2,20(22,23)24)13-25-18(26)11-8-14-6-9-16(21)10-7-14/h3-12H,13H2,1-2H3,(H,25,26). The molecule has 4 nitrogen and oxygen atoms in total. The highest BCUT2D eigenvalue weighted by molar-refractivity contribution is 5.91. The monoisotopic (exact) mass is 397 g/mol. The van der Waals surface area contributed by atoms with E-state index in [1.54, 1.807) is 0 Å². The number of ether oxygens (including phenoxy) is 2. The Bertz CT molecular complexity index is 834. The molecule has 2 aromatic carbocycles. The van der Waals surface area contributed by atoms with E-state index in [-0.39, 0.29) is 11.3 Å². The summed E-state index contributed by atoms with van der Waals surface area (Å²) in [6.45, 7) is -0.841. The van der Waals surface area contributed by atoms with Crippen molar-refractivity contribution in [3.8, 4) is 5.75 Å². The number of rotatable bonds is 7. The Hall–Kier alpha value is -2.87. The number of hydrogen-bond donors (Lipinski definition) is 1. The highest BCUT2D eigenvalue weighted by Crippen LogP contribution is 2.42. The van der Waals surface area contributed by atoms with Crippen LogP contribution in [0.1, 0.15) is 11.1 Å². The zero-order chi connectivity index (χ0) is 20.8. The number of amides is 1. The van der Waals surface area contributed by atoms with Gasteiger partial charge in [0.05, 0.1) is 13.7 Å². The first-order valence-corrected chi connectivity index (χ1v) is 8.20. The summed E-state index contributed by atoms with van der Waals surface area (Å²) in [7, 11) is 2.26. The number of halogens is 4. The molecule has 0 spiro atoms. The lowest BCUT2D eigenvalue weighted by atomic mass is 9.92. The second kappa shape index (κ2) is 8.88. The maximum atomic E-state index is 13.9. The Morgan fingerprint density at radius 3 is 2.36 bits per heavy atom. The van der Waals surface area contributed by atoms with Gasteiger partial charge in [-0.2, -0.15) is 13.2 Å². The van der Waals surface area contributed by atoms with Gasteiger partial charge in [-0.3, -0.25) is 4.79 Å². The topological polar surface area (TPSA) is 47.6 Å². The fourth-order valence-corrected chi connectivity index (χ4v) is 2.56. The number of hydrogen-bond acceptors (Lipinski definition) is 3. The molecule has 0 saturated carbocycles. The van der Waals surface area contributed by atoms with Crippen molar-refractivity contribution in [3.05, 3.63) is 71.6 Å². The maximum absolute atomic E-state index is 13.9. The molecule has 2 rings (SSSR count). The zero-order valence-corrected chi connectivity index (χ0v) is 15.2. The molecule has 0 aliphatic heterocycles. The van der Waals surface area contributed by atoms with Crippen molar-refractivity contribution < 1.29 is 31.8 Å². The summed E-state index contributed by atoms with van der Waals surface area (Å²) in [5.74, 6) is -0.960. The van der Waals surface area contributed by atoms with Crippen molar-refractivity contribution >= 4 is 12.0 Å². The van der Waals surface area contributed by atoms with E-state index in [4.69, 9.17) is 9.47 Å². The minimum absolute atomic E-state index is 0.204. The van der Waals surface area contributed by atoms with Gasteiger partial charge in [0.2, 0.25) is 11.5 Å². The van der Waals surface area contributed by atoms with Gasteiger partial charge in [-0.25, -0.2) is 4.39 Å². The quantitative estimate of drug-likeness (QED) is 0.566. The molecule has 0 aliphatic rings. The van der Waals surface area contributed by atoms with Crippen LogP contribution in [0.2, 0.25) is 0 Å². The highest BCUT2D eigenvalue weighted by atomic mass is 19.4. The van der Waals surface area contributed by atoms with Crippen molar-refractivity contribution in [2.75, 3.05) is 20.8 Å². The summed E-state index contributed by atoms with van der Waals surface area (Å²) in [5.41, 5.74) is -2.43. The summed E-state index contributed by atoms with van der Waals surface area (Å²) in [5, 5.41) is 2.21. The molecule has 0 aromatic heterocycles. The average Bonchev–Trinajstić information content (AvgIpc) is 2.67. The molecule has 1 atom stereocenters. The third kappa shape index (κ3) is 4.89. The van der Waals surface area contributed by atoms with E-state index in [1.807, 2.05) is 0 Å². The molecule has 0 saturated heterocycles. The van der Waals surface area contributed by atoms with Crippen LogP contribution in [0.15, 0.2) is 54.6 Å². The number of benzene rings is 2. The molecule has 28 heavy (non-hydrogen) atoms. The second-order valence-electron chi connectivity index (χ2n) is 5.86. The fraction of sp³-hybridized carbons (Fsp3) is 0.250. The Morgan fingerprint density at radius 1 is 1.11 bits per heavy atom. The van der Waals surface area contributed by atoms with Gasteiger partial charge in [-0.05, 0) is 41.5 Å². The van der Waals surface area contributed by atoms with E-state index in [0.717, 1.165) is 13.2 Å². The summed E-state index contributed by atoms with van der Waals surface area (Å²) in [4.78, 5) is 12.0. The lowest BCUT2D eigenvalue weighted by Crippen LogP contribution is -2.52. The van der Waals surface area contributed by atoms with Crippen LogP contribution in [0.25, 0.3) is 6.08 Å². The van der Waals surface area contributed by atoms with Gasteiger partial charge in [-0.1, -0.05) is 24.3 Å². The third-order valence-corrected chi connectivity index (χ3v) is 4.15. The minimum Gasteiger partial charge on any atom is -0.497 e. The molecule has 0 fully saturated rings. The smallest absolute Gasteiger partial charge is 0.423 e. The van der Waals surface area contributed by atoms with E-state index < -0.39 is 30.0 Å². The van der Waals surface area contributed by atoms with Gasteiger partial charge in [0.25, 0.3) is 0 Å². The summed E-state index contributed by atoms with van der Waals surface area (Å²) in [6, 6.07) is 10.7. The molecule has 1 N–H and O–H groups in total. The second-order valence-corrected chi connectivity index (χ2v) is 5.86. The molecular weight excluding hydrogens is 378 g/mol. The van der Waals surface area contributed by atoms with Gasteiger partial charge in [0.1, 0.15) is 11.6 Å². The van der Waals surface area contributed by atoms with Gasteiger partial charge >= 0.3 is 6.18 Å². The van der Waals surface area contributed by atoms with Crippen LogP contribution in [-0.4, -0.2) is 32.8 Å². The van der Waals surface area contributed by atoms with Crippen LogP contribution < -0.4 is 10.1 Å². The van der Waals surface area contributed by atoms with Gasteiger partial charge in [-0.15, -0.1) is 0 Å². The van der Waals surface area contributed by atoms with Crippen molar-refractivity contribution in [1.82, 2.24) is 5.32 Å². The lowest BCUT2D eigenvalue weighted by molar-refractivity contribution is -0.274. The van der Waals surface area contributed by atoms with E-state index in [9.17, 15) is 22.4 Å². The Morgan fingerprint density at radius 2 is 1.79 bits per heavy atom. The van der Waals surface area contributed by atoms with Gasteiger partial charge in [0, 0.05) is 13.2 Å². The van der Waals surface area contributed by atoms with E-state index in [1.165, 1.54) is 61.7 Å². The first kappa shape index (κ1) is 21.4. The Balaban J connectivity index is 2.21. The fourth-order valence-electron chi connectivity index (χ4n) is 2.56. The van der Waals surface area contributed by atoms with E-state index in [2.05, 4.69) is 5.32 Å². The molecule has 0 radical (unpaired) electrons. The molecule has 150 valence electrons. The van der Waals surface area contributed by atoms with Crippen LogP contribution in [0.3, 0.4) is 0 Å². The number of methoxy groups -OCH3 is 2. The predicted octanol–water partition coefficient (Wildman–Crippen LogP) is 4.07. The van der Waals surface area contributed by atoms with Crippen molar-refractivity contribution in [3.63, 3.8) is 0 Å². The molecule has 2 aromatic rings. The van der Waals surface area contributed by atoms with E-state index in [0.29, 0.717) is 5.56 Å². The summed E-state index contributed by atoms with van der Waals surface area (Å²) in [6.07, 6.45) is -2.37. The molecular formula is C20H19F4NO3. The van der Waals surface area contributed by atoms with Crippen molar-refractivity contribution in [2.45, 2.75) is 11.8 Å². The van der Waals surface area contributed by atoms with Crippen molar-refractivity contribution in [1.29, 1.82) is 0 Å². The van der Waals surface area contributed by atoms with Crippen LogP contribution in [-0.2, 0) is 15.1 Å².